The third-order valence-electron chi connectivity index (χ3n) is 4.92. The van der Waals surface area contributed by atoms with Crippen molar-refractivity contribution in [2.75, 3.05) is 52.2 Å². The maximum Gasteiger partial charge on any atom is 0.313 e. The first-order valence-electron chi connectivity index (χ1n) is 9.25. The molecule has 1 saturated heterocycles. The van der Waals surface area contributed by atoms with Gasteiger partial charge in [-0.1, -0.05) is 12.1 Å². The van der Waals surface area contributed by atoms with Crippen molar-refractivity contribution in [1.29, 1.82) is 0 Å². The molecule has 28 heavy (non-hydrogen) atoms. The zero-order valence-electron chi connectivity index (χ0n) is 16.2. The maximum absolute atomic E-state index is 12.4. The van der Waals surface area contributed by atoms with Crippen LogP contribution in [0, 0.1) is 0 Å². The molecule has 150 valence electrons. The molecule has 2 aromatic rings. The number of para-hydroxylation sites is 2. The molecule has 0 unspecified atom stereocenters. The molecule has 1 aliphatic heterocycles. The number of likely N-dealkylation sites (N-methyl/N-ethyl adjacent to an activating group) is 1. The fraction of sp³-hybridized carbons (Fsp3) is 0.400. The van der Waals surface area contributed by atoms with Crippen LogP contribution in [0.4, 0.5) is 5.69 Å². The summed E-state index contributed by atoms with van der Waals surface area (Å²) in [4.78, 5) is 29.3. The molecule has 1 fully saturated rings. The molecule has 2 N–H and O–H groups in total. The summed E-state index contributed by atoms with van der Waals surface area (Å²) in [6, 6.07) is 9.14. The van der Waals surface area contributed by atoms with Gasteiger partial charge >= 0.3 is 11.8 Å². The van der Waals surface area contributed by atoms with Crippen LogP contribution >= 0.6 is 11.3 Å². The van der Waals surface area contributed by atoms with Crippen molar-refractivity contribution in [2.24, 2.45) is 0 Å². The molecule has 7 nitrogen and oxygen atoms in total. The Balaban J connectivity index is 1.61. The van der Waals surface area contributed by atoms with E-state index in [1.807, 2.05) is 5.38 Å². The highest BCUT2D eigenvalue weighted by Crippen LogP contribution is 2.24. The van der Waals surface area contributed by atoms with Crippen LogP contribution in [0.1, 0.15) is 11.6 Å². The topological polar surface area (TPSA) is 73.9 Å². The van der Waals surface area contributed by atoms with E-state index in [-0.39, 0.29) is 6.04 Å². The molecule has 0 saturated carbocycles. The number of piperazine rings is 1. The van der Waals surface area contributed by atoms with Gasteiger partial charge in [0, 0.05) is 32.7 Å². The average molecular weight is 403 g/mol. The highest BCUT2D eigenvalue weighted by atomic mass is 32.1. The minimum Gasteiger partial charge on any atom is -0.495 e. The molecular formula is C20H26N4O3S. The van der Waals surface area contributed by atoms with Gasteiger partial charge in [0.1, 0.15) is 5.75 Å². The molecule has 1 atom stereocenters. The Labute approximate surface area is 169 Å². The Morgan fingerprint density at radius 3 is 2.57 bits per heavy atom. The minimum absolute atomic E-state index is 0.0583. The smallest absolute Gasteiger partial charge is 0.313 e. The first kappa shape index (κ1) is 20.3. The van der Waals surface area contributed by atoms with E-state index < -0.39 is 11.8 Å². The quantitative estimate of drug-likeness (QED) is 0.721. The zero-order chi connectivity index (χ0) is 19.9. The van der Waals surface area contributed by atoms with Crippen molar-refractivity contribution in [2.45, 2.75) is 6.04 Å². The largest absolute Gasteiger partial charge is 0.495 e. The van der Waals surface area contributed by atoms with Crippen LogP contribution in [0.25, 0.3) is 0 Å². The lowest BCUT2D eigenvalue weighted by Crippen LogP contribution is -2.49. The summed E-state index contributed by atoms with van der Waals surface area (Å²) in [7, 11) is 3.63. The van der Waals surface area contributed by atoms with Gasteiger partial charge in [0.2, 0.25) is 0 Å². The maximum atomic E-state index is 12.4. The zero-order valence-corrected chi connectivity index (χ0v) is 17.0. The number of hydrogen-bond acceptors (Lipinski definition) is 6. The summed E-state index contributed by atoms with van der Waals surface area (Å²) in [5.74, 6) is -0.843. The van der Waals surface area contributed by atoms with Gasteiger partial charge in [-0.25, -0.2) is 0 Å². The highest BCUT2D eigenvalue weighted by molar-refractivity contribution is 7.08. The lowest BCUT2D eigenvalue weighted by atomic mass is 10.1. The second-order valence-corrected chi connectivity index (χ2v) is 7.56. The normalized spacial score (nSPS) is 16.4. The van der Waals surface area contributed by atoms with Crippen molar-refractivity contribution in [3.63, 3.8) is 0 Å². The van der Waals surface area contributed by atoms with Gasteiger partial charge in [-0.05, 0) is 41.6 Å². The lowest BCUT2D eigenvalue weighted by Gasteiger charge is -2.37. The van der Waals surface area contributed by atoms with Gasteiger partial charge in [0.15, 0.2) is 0 Å². The number of benzene rings is 1. The number of rotatable bonds is 6. The number of hydrogen-bond donors (Lipinski definition) is 2. The minimum atomic E-state index is -0.702. The van der Waals surface area contributed by atoms with Crippen molar-refractivity contribution in [3.8, 4) is 5.75 Å². The fourth-order valence-corrected chi connectivity index (χ4v) is 3.96. The van der Waals surface area contributed by atoms with E-state index >= 15 is 0 Å². The van der Waals surface area contributed by atoms with Crippen LogP contribution in [0.3, 0.4) is 0 Å². The van der Waals surface area contributed by atoms with Gasteiger partial charge in [-0.3, -0.25) is 14.5 Å². The molecule has 3 rings (SSSR count). The van der Waals surface area contributed by atoms with Crippen molar-refractivity contribution < 1.29 is 14.3 Å². The van der Waals surface area contributed by atoms with E-state index in [4.69, 9.17) is 4.74 Å². The van der Waals surface area contributed by atoms with Crippen LogP contribution in [0.5, 0.6) is 5.75 Å². The van der Waals surface area contributed by atoms with Crippen LogP contribution in [-0.4, -0.2) is 68.5 Å². The van der Waals surface area contributed by atoms with Crippen LogP contribution in [-0.2, 0) is 9.59 Å². The van der Waals surface area contributed by atoms with Gasteiger partial charge in [0.25, 0.3) is 0 Å². The van der Waals surface area contributed by atoms with Crippen LogP contribution in [0.2, 0.25) is 0 Å². The molecule has 0 spiro atoms. The Bertz CT molecular complexity index is 789. The number of nitrogens with zero attached hydrogens (tertiary/aromatic N) is 2. The number of amides is 2. The molecular weight excluding hydrogens is 376 g/mol. The SMILES string of the molecule is COc1ccccc1NC(=O)C(=O)NC[C@H](c1ccsc1)N1CCN(C)CC1. The Morgan fingerprint density at radius 2 is 1.89 bits per heavy atom. The summed E-state index contributed by atoms with van der Waals surface area (Å²) in [5.41, 5.74) is 1.64. The molecule has 2 amide bonds. The van der Waals surface area contributed by atoms with E-state index in [0.717, 1.165) is 26.2 Å². The Morgan fingerprint density at radius 1 is 1.14 bits per heavy atom. The number of carbonyl (C=O) groups excluding carboxylic acids is 2. The number of nitrogens with one attached hydrogen (secondary N) is 2. The Kier molecular flexibility index (Phi) is 7.02. The molecule has 1 aromatic carbocycles. The standard InChI is InChI=1S/C20H26N4O3S/c1-23-8-10-24(11-9-23)17(15-7-12-28-14-15)13-21-19(25)20(26)22-16-5-3-4-6-18(16)27-2/h3-7,12,14,17H,8-11,13H2,1-2H3,(H,21,25)(H,22,26)/t17-/m1/s1. The van der Waals surface area contributed by atoms with Gasteiger partial charge in [-0.2, -0.15) is 11.3 Å². The van der Waals surface area contributed by atoms with E-state index in [2.05, 4.69) is 38.9 Å². The van der Waals surface area contributed by atoms with E-state index in [0.29, 0.717) is 18.0 Å². The molecule has 2 heterocycles. The van der Waals surface area contributed by atoms with Crippen LogP contribution in [0.15, 0.2) is 41.1 Å². The fourth-order valence-electron chi connectivity index (χ4n) is 3.25. The van der Waals surface area contributed by atoms with Gasteiger partial charge in [0.05, 0.1) is 18.8 Å². The van der Waals surface area contributed by atoms with Crippen molar-refractivity contribution in [3.05, 3.63) is 46.7 Å². The molecule has 0 aliphatic carbocycles. The number of thiophene rings is 1. The van der Waals surface area contributed by atoms with Crippen LogP contribution < -0.4 is 15.4 Å². The third-order valence-corrected chi connectivity index (χ3v) is 5.63. The van der Waals surface area contributed by atoms with Crippen molar-refractivity contribution >= 4 is 28.8 Å². The second-order valence-electron chi connectivity index (χ2n) is 6.78. The number of methoxy groups -OCH3 is 1. The summed E-state index contributed by atoms with van der Waals surface area (Å²) in [5, 5.41) is 9.54. The molecule has 8 heteroatoms. The first-order chi connectivity index (χ1) is 13.6. The predicted octanol–water partition coefficient (Wildman–Crippen LogP) is 1.80. The number of anilines is 1. The van der Waals surface area contributed by atoms with E-state index in [9.17, 15) is 9.59 Å². The van der Waals surface area contributed by atoms with Crippen molar-refractivity contribution in [1.82, 2.24) is 15.1 Å². The number of carbonyl (C=O) groups is 2. The molecule has 0 bridgehead atoms. The summed E-state index contributed by atoms with van der Waals surface area (Å²) < 4.78 is 5.21. The molecule has 1 aromatic heterocycles. The van der Waals surface area contributed by atoms with Gasteiger partial charge < -0.3 is 20.3 Å². The van der Waals surface area contributed by atoms with Gasteiger partial charge in [-0.15, -0.1) is 0 Å². The third kappa shape index (κ3) is 5.09. The predicted molar refractivity (Wildman–Crippen MR) is 111 cm³/mol. The highest BCUT2D eigenvalue weighted by Gasteiger charge is 2.26. The number of ether oxygens (including phenoxy) is 1. The Hall–Kier alpha value is -2.42. The summed E-state index contributed by atoms with van der Waals surface area (Å²) >= 11 is 1.64. The monoisotopic (exact) mass is 402 g/mol. The van der Waals surface area contributed by atoms with E-state index in [1.54, 1.807) is 35.6 Å². The summed E-state index contributed by atoms with van der Waals surface area (Å²) in [6.07, 6.45) is 0. The molecule has 0 radical (unpaired) electrons. The van der Waals surface area contributed by atoms with E-state index in [1.165, 1.54) is 12.7 Å². The lowest BCUT2D eigenvalue weighted by molar-refractivity contribution is -0.136. The second kappa shape index (κ2) is 9.68. The molecule has 1 aliphatic rings. The average Bonchev–Trinajstić information content (AvgIpc) is 3.24. The first-order valence-corrected chi connectivity index (χ1v) is 10.2. The summed E-state index contributed by atoms with van der Waals surface area (Å²) in [6.45, 7) is 4.23.